The van der Waals surface area contributed by atoms with Gasteiger partial charge in [0.25, 0.3) is 0 Å². The van der Waals surface area contributed by atoms with Crippen LogP contribution in [0.2, 0.25) is 0 Å². The molecule has 0 atom stereocenters. The minimum absolute atomic E-state index is 0.0237. The lowest BCUT2D eigenvalue weighted by molar-refractivity contribution is -0.133. The second-order valence-corrected chi connectivity index (χ2v) is 5.02. The number of likely N-dealkylation sites (tertiary alicyclic amines) is 1. The number of carbonyl (C=O) groups excluding carboxylic acids is 2. The van der Waals surface area contributed by atoms with E-state index in [9.17, 15) is 9.59 Å². The zero-order chi connectivity index (χ0) is 12.2. The van der Waals surface area contributed by atoms with Crippen LogP contribution < -0.4 is 5.32 Å². The zero-order valence-electron chi connectivity index (χ0n) is 9.95. The van der Waals surface area contributed by atoms with Crippen molar-refractivity contribution in [1.29, 1.82) is 0 Å². The first kappa shape index (κ1) is 13.0. The van der Waals surface area contributed by atoms with Crippen molar-refractivity contribution >= 4 is 11.8 Å². The molecule has 0 aromatic rings. The van der Waals surface area contributed by atoms with E-state index in [1.807, 2.05) is 13.8 Å². The van der Waals surface area contributed by atoms with Crippen molar-refractivity contribution in [3.63, 3.8) is 0 Å². The van der Waals surface area contributed by atoms with Crippen LogP contribution in [0.5, 0.6) is 0 Å². The standard InChI is InChI=1S/C11H20N2O3/c1-11(2,8-14)7-12-9(15)6-13-5-3-4-10(13)16/h14H,3-8H2,1-2H3,(H,12,15). The molecule has 2 N–H and O–H groups in total. The fourth-order valence-corrected chi connectivity index (χ4v) is 1.49. The topological polar surface area (TPSA) is 69.6 Å². The third kappa shape index (κ3) is 3.81. The van der Waals surface area contributed by atoms with Crippen molar-refractivity contribution in [2.24, 2.45) is 5.41 Å². The van der Waals surface area contributed by atoms with Gasteiger partial charge < -0.3 is 15.3 Å². The predicted octanol–water partition coefficient (Wildman–Crippen LogP) is -0.257. The molecule has 1 heterocycles. The van der Waals surface area contributed by atoms with Crippen LogP contribution in [0.25, 0.3) is 0 Å². The van der Waals surface area contributed by atoms with Gasteiger partial charge in [0.05, 0.1) is 6.54 Å². The lowest BCUT2D eigenvalue weighted by Gasteiger charge is -2.23. The number of hydrogen-bond donors (Lipinski definition) is 2. The van der Waals surface area contributed by atoms with E-state index >= 15 is 0 Å². The molecule has 2 amide bonds. The Labute approximate surface area is 95.8 Å². The maximum absolute atomic E-state index is 11.5. The number of nitrogens with zero attached hydrogens (tertiary/aromatic N) is 1. The van der Waals surface area contributed by atoms with Gasteiger partial charge in [0.1, 0.15) is 0 Å². The number of hydrogen-bond acceptors (Lipinski definition) is 3. The summed E-state index contributed by atoms with van der Waals surface area (Å²) in [7, 11) is 0. The van der Waals surface area contributed by atoms with Crippen LogP contribution in [0.1, 0.15) is 26.7 Å². The van der Waals surface area contributed by atoms with Crippen LogP contribution in [0.15, 0.2) is 0 Å². The normalized spacial score (nSPS) is 16.7. The maximum atomic E-state index is 11.5. The van der Waals surface area contributed by atoms with Gasteiger partial charge >= 0.3 is 0 Å². The van der Waals surface area contributed by atoms with E-state index in [0.29, 0.717) is 19.5 Å². The van der Waals surface area contributed by atoms with E-state index in [4.69, 9.17) is 5.11 Å². The van der Waals surface area contributed by atoms with Gasteiger partial charge in [0, 0.05) is 31.5 Å². The van der Waals surface area contributed by atoms with Gasteiger partial charge in [-0.2, -0.15) is 0 Å². The second kappa shape index (κ2) is 5.30. The van der Waals surface area contributed by atoms with Crippen molar-refractivity contribution < 1.29 is 14.7 Å². The minimum Gasteiger partial charge on any atom is -0.396 e. The molecule has 0 aromatic heterocycles. The molecule has 0 radical (unpaired) electrons. The van der Waals surface area contributed by atoms with Crippen LogP contribution in [0.3, 0.4) is 0 Å². The molecule has 1 aliphatic heterocycles. The Kier molecular flexibility index (Phi) is 4.29. The van der Waals surface area contributed by atoms with Gasteiger partial charge in [-0.15, -0.1) is 0 Å². The first-order valence-corrected chi connectivity index (χ1v) is 5.60. The molecule has 5 heteroatoms. The largest absolute Gasteiger partial charge is 0.396 e. The van der Waals surface area contributed by atoms with Crippen molar-refractivity contribution in [2.75, 3.05) is 26.2 Å². The van der Waals surface area contributed by atoms with Gasteiger partial charge in [-0.3, -0.25) is 9.59 Å². The highest BCUT2D eigenvalue weighted by atomic mass is 16.3. The molecule has 92 valence electrons. The Hall–Kier alpha value is -1.10. The van der Waals surface area contributed by atoms with Crippen molar-refractivity contribution in [2.45, 2.75) is 26.7 Å². The lowest BCUT2D eigenvalue weighted by atomic mass is 9.95. The molecular weight excluding hydrogens is 208 g/mol. The van der Waals surface area contributed by atoms with Gasteiger partial charge in [-0.25, -0.2) is 0 Å². The smallest absolute Gasteiger partial charge is 0.239 e. The molecule has 1 aliphatic rings. The Morgan fingerprint density at radius 1 is 1.56 bits per heavy atom. The summed E-state index contributed by atoms with van der Waals surface area (Å²) >= 11 is 0. The number of amides is 2. The quantitative estimate of drug-likeness (QED) is 0.681. The predicted molar refractivity (Wildman–Crippen MR) is 59.7 cm³/mol. The van der Waals surface area contributed by atoms with Gasteiger partial charge in [0.2, 0.25) is 11.8 Å². The fraction of sp³-hybridized carbons (Fsp3) is 0.818. The summed E-state index contributed by atoms with van der Waals surface area (Å²) in [5.74, 6) is -0.103. The highest BCUT2D eigenvalue weighted by Gasteiger charge is 2.23. The zero-order valence-corrected chi connectivity index (χ0v) is 9.95. The number of rotatable bonds is 5. The molecule has 5 nitrogen and oxygen atoms in total. The van der Waals surface area contributed by atoms with E-state index in [2.05, 4.69) is 5.32 Å². The molecule has 0 aliphatic carbocycles. The van der Waals surface area contributed by atoms with Crippen molar-refractivity contribution in [1.82, 2.24) is 10.2 Å². The third-order valence-corrected chi connectivity index (χ3v) is 2.70. The van der Waals surface area contributed by atoms with Crippen LogP contribution in [0.4, 0.5) is 0 Å². The van der Waals surface area contributed by atoms with Gasteiger partial charge in [-0.05, 0) is 6.42 Å². The Balaban J connectivity index is 2.28. The van der Waals surface area contributed by atoms with Crippen LogP contribution >= 0.6 is 0 Å². The maximum Gasteiger partial charge on any atom is 0.239 e. The molecule has 0 spiro atoms. The third-order valence-electron chi connectivity index (χ3n) is 2.70. The Morgan fingerprint density at radius 2 is 2.25 bits per heavy atom. The first-order chi connectivity index (χ1) is 7.44. The summed E-state index contributed by atoms with van der Waals surface area (Å²) in [4.78, 5) is 24.4. The molecule has 0 saturated carbocycles. The summed E-state index contributed by atoms with van der Waals surface area (Å²) in [6.45, 7) is 5.00. The van der Waals surface area contributed by atoms with E-state index in [0.717, 1.165) is 6.42 Å². The van der Waals surface area contributed by atoms with E-state index < -0.39 is 0 Å². The average molecular weight is 228 g/mol. The molecule has 1 fully saturated rings. The van der Waals surface area contributed by atoms with Crippen LogP contribution in [-0.4, -0.2) is 48.1 Å². The van der Waals surface area contributed by atoms with E-state index in [-0.39, 0.29) is 30.4 Å². The second-order valence-electron chi connectivity index (χ2n) is 5.02. The fourth-order valence-electron chi connectivity index (χ4n) is 1.49. The summed E-state index contributed by atoms with van der Waals surface area (Å²) in [5, 5.41) is 11.7. The highest BCUT2D eigenvalue weighted by molar-refractivity contribution is 5.85. The first-order valence-electron chi connectivity index (χ1n) is 5.60. The summed E-state index contributed by atoms with van der Waals surface area (Å²) in [6.07, 6.45) is 1.39. The van der Waals surface area contributed by atoms with Crippen molar-refractivity contribution in [3.05, 3.63) is 0 Å². The molecule has 1 saturated heterocycles. The Morgan fingerprint density at radius 3 is 2.75 bits per heavy atom. The van der Waals surface area contributed by atoms with Crippen molar-refractivity contribution in [3.8, 4) is 0 Å². The Bertz CT molecular complexity index is 276. The monoisotopic (exact) mass is 228 g/mol. The number of carbonyl (C=O) groups is 2. The number of aliphatic hydroxyl groups is 1. The molecule has 0 unspecified atom stereocenters. The van der Waals surface area contributed by atoms with E-state index in [1.165, 1.54) is 0 Å². The average Bonchev–Trinajstić information content (AvgIpc) is 2.62. The molecule has 16 heavy (non-hydrogen) atoms. The van der Waals surface area contributed by atoms with Crippen LogP contribution in [0, 0.1) is 5.41 Å². The lowest BCUT2D eigenvalue weighted by Crippen LogP contribution is -2.42. The van der Waals surface area contributed by atoms with Crippen LogP contribution in [-0.2, 0) is 9.59 Å². The summed E-state index contributed by atoms with van der Waals surface area (Å²) < 4.78 is 0. The molecular formula is C11H20N2O3. The summed E-state index contributed by atoms with van der Waals surface area (Å²) in [5.41, 5.74) is -0.315. The summed E-state index contributed by atoms with van der Waals surface area (Å²) in [6, 6.07) is 0. The molecule has 0 bridgehead atoms. The molecule has 1 rings (SSSR count). The molecule has 0 aromatic carbocycles. The number of nitrogens with one attached hydrogen (secondary N) is 1. The van der Waals surface area contributed by atoms with Gasteiger partial charge in [0.15, 0.2) is 0 Å². The SMILES string of the molecule is CC(C)(CO)CNC(=O)CN1CCCC1=O. The van der Waals surface area contributed by atoms with Gasteiger partial charge in [-0.1, -0.05) is 13.8 Å². The highest BCUT2D eigenvalue weighted by Crippen LogP contribution is 2.11. The number of aliphatic hydroxyl groups excluding tert-OH is 1. The van der Waals surface area contributed by atoms with E-state index in [1.54, 1.807) is 4.90 Å². The minimum atomic E-state index is -0.315.